The molecule has 3 aromatic rings. The molecule has 0 spiro atoms. The van der Waals surface area contributed by atoms with Crippen molar-refractivity contribution in [2.45, 2.75) is 13.3 Å². The Kier molecular flexibility index (Phi) is 3.98. The molecule has 0 aliphatic carbocycles. The number of benzene rings is 1. The van der Waals surface area contributed by atoms with Crippen LogP contribution in [0.25, 0.3) is 15.5 Å². The lowest BCUT2D eigenvalue weighted by atomic mass is 10.2. The number of ether oxygens (including phenoxy) is 1. The van der Waals surface area contributed by atoms with E-state index < -0.39 is 5.97 Å². The highest BCUT2D eigenvalue weighted by Crippen LogP contribution is 2.27. The van der Waals surface area contributed by atoms with E-state index >= 15 is 0 Å². The molecule has 6 nitrogen and oxygen atoms in total. The van der Waals surface area contributed by atoms with Gasteiger partial charge in [-0.15, -0.1) is 10.2 Å². The normalized spacial score (nSPS) is 11.0. The van der Waals surface area contributed by atoms with E-state index in [1.54, 1.807) is 0 Å². The second kappa shape index (κ2) is 5.90. The first kappa shape index (κ1) is 14.2. The molecule has 108 valence electrons. The molecular weight excluding hydrogens is 356 g/mol. The molecule has 3 rings (SSSR count). The van der Waals surface area contributed by atoms with Gasteiger partial charge in [0.25, 0.3) is 5.82 Å². The smallest absolute Gasteiger partial charge is 0.378 e. The number of esters is 1. The van der Waals surface area contributed by atoms with Crippen molar-refractivity contribution in [1.82, 2.24) is 19.8 Å². The third kappa shape index (κ3) is 2.81. The van der Waals surface area contributed by atoms with Gasteiger partial charge in [0.15, 0.2) is 0 Å². The summed E-state index contributed by atoms with van der Waals surface area (Å²) in [6, 6.07) is 7.78. The summed E-state index contributed by atoms with van der Waals surface area (Å²) in [7, 11) is 0. The summed E-state index contributed by atoms with van der Waals surface area (Å²) in [6.07, 6.45) is 0.758. The Morgan fingerprint density at radius 1 is 1.43 bits per heavy atom. The molecule has 0 fully saturated rings. The lowest BCUT2D eigenvalue weighted by molar-refractivity contribution is 0.0487. The first-order valence-corrected chi connectivity index (χ1v) is 7.95. The maximum absolute atomic E-state index is 11.9. The number of halogens is 1. The average Bonchev–Trinajstić information content (AvgIpc) is 3.04. The molecule has 0 saturated carbocycles. The number of carbonyl (C=O) groups excluding carboxylic acids is 1. The van der Waals surface area contributed by atoms with Crippen LogP contribution in [0, 0.1) is 0 Å². The van der Waals surface area contributed by atoms with Crippen molar-refractivity contribution < 1.29 is 9.53 Å². The van der Waals surface area contributed by atoms with Gasteiger partial charge in [-0.25, -0.2) is 4.79 Å². The van der Waals surface area contributed by atoms with E-state index in [0.717, 1.165) is 21.5 Å². The van der Waals surface area contributed by atoms with Gasteiger partial charge >= 0.3 is 5.97 Å². The zero-order valence-corrected chi connectivity index (χ0v) is 13.5. The van der Waals surface area contributed by atoms with Gasteiger partial charge in [0.05, 0.1) is 6.61 Å². The van der Waals surface area contributed by atoms with Crippen molar-refractivity contribution >= 4 is 38.2 Å². The summed E-state index contributed by atoms with van der Waals surface area (Å²) in [5, 5.41) is 13.0. The number of fused-ring (bicyclic) bond motifs is 1. The zero-order chi connectivity index (χ0) is 14.8. The van der Waals surface area contributed by atoms with Gasteiger partial charge < -0.3 is 4.74 Å². The van der Waals surface area contributed by atoms with Gasteiger partial charge in [-0.05, 0) is 18.6 Å². The van der Waals surface area contributed by atoms with Crippen LogP contribution >= 0.6 is 27.3 Å². The molecular formula is C13H11BrN4O2S. The maximum Gasteiger partial charge on any atom is 0.378 e. The molecule has 1 aromatic carbocycles. The molecule has 0 aliphatic rings. The monoisotopic (exact) mass is 366 g/mol. The molecule has 2 heterocycles. The third-order valence-electron chi connectivity index (χ3n) is 2.68. The predicted octanol–water partition coefficient (Wildman–Crippen LogP) is 3.18. The quantitative estimate of drug-likeness (QED) is 0.663. The van der Waals surface area contributed by atoms with E-state index in [9.17, 15) is 4.79 Å². The van der Waals surface area contributed by atoms with E-state index in [-0.39, 0.29) is 5.82 Å². The van der Waals surface area contributed by atoms with E-state index in [0.29, 0.717) is 11.6 Å². The highest BCUT2D eigenvalue weighted by molar-refractivity contribution is 9.10. The van der Waals surface area contributed by atoms with Gasteiger partial charge in [-0.2, -0.15) is 9.61 Å². The molecule has 2 aromatic heterocycles. The van der Waals surface area contributed by atoms with Crippen LogP contribution in [0.15, 0.2) is 28.7 Å². The summed E-state index contributed by atoms with van der Waals surface area (Å²) in [6.45, 7) is 2.29. The number of hydrogen-bond acceptors (Lipinski definition) is 6. The summed E-state index contributed by atoms with van der Waals surface area (Å²) >= 11 is 4.80. The summed E-state index contributed by atoms with van der Waals surface area (Å²) in [5.74, 6) is -0.397. The number of carbonyl (C=O) groups is 1. The molecule has 21 heavy (non-hydrogen) atoms. The average molecular weight is 367 g/mol. The van der Waals surface area contributed by atoms with Gasteiger partial charge in [0.2, 0.25) is 4.96 Å². The fourth-order valence-electron chi connectivity index (χ4n) is 1.74. The van der Waals surface area contributed by atoms with Crippen LogP contribution in [-0.4, -0.2) is 32.4 Å². The molecule has 0 saturated heterocycles. The van der Waals surface area contributed by atoms with Gasteiger partial charge in [-0.3, -0.25) is 0 Å². The van der Waals surface area contributed by atoms with Crippen LogP contribution in [0.4, 0.5) is 0 Å². The minimum atomic E-state index is -0.504. The molecule has 0 bridgehead atoms. The Morgan fingerprint density at radius 3 is 3.05 bits per heavy atom. The van der Waals surface area contributed by atoms with Crippen molar-refractivity contribution in [3.8, 4) is 10.6 Å². The summed E-state index contributed by atoms with van der Waals surface area (Å²) in [5.41, 5.74) is 0.952. The first-order chi connectivity index (χ1) is 10.2. The summed E-state index contributed by atoms with van der Waals surface area (Å²) in [4.78, 5) is 12.5. The SMILES string of the molecule is CCCOC(=O)c1nnc2sc(-c3cccc(Br)c3)nn12. The van der Waals surface area contributed by atoms with Crippen LogP contribution in [-0.2, 0) is 4.74 Å². The van der Waals surface area contributed by atoms with Crippen molar-refractivity contribution in [3.05, 3.63) is 34.6 Å². The van der Waals surface area contributed by atoms with Crippen molar-refractivity contribution in [2.75, 3.05) is 6.61 Å². The van der Waals surface area contributed by atoms with Gasteiger partial charge in [0, 0.05) is 10.0 Å². The molecule has 0 N–H and O–H groups in total. The van der Waals surface area contributed by atoms with Gasteiger partial charge in [0.1, 0.15) is 5.01 Å². The number of hydrogen-bond donors (Lipinski definition) is 0. The molecule has 0 amide bonds. The predicted molar refractivity (Wildman–Crippen MR) is 82.4 cm³/mol. The van der Waals surface area contributed by atoms with Crippen molar-refractivity contribution in [2.24, 2.45) is 0 Å². The Morgan fingerprint density at radius 2 is 2.29 bits per heavy atom. The number of rotatable bonds is 4. The first-order valence-electron chi connectivity index (χ1n) is 6.34. The van der Waals surface area contributed by atoms with E-state index in [1.165, 1.54) is 15.9 Å². The van der Waals surface area contributed by atoms with Crippen molar-refractivity contribution in [3.63, 3.8) is 0 Å². The molecule has 0 atom stereocenters. The highest BCUT2D eigenvalue weighted by Gasteiger charge is 2.19. The van der Waals surface area contributed by atoms with E-state index in [2.05, 4.69) is 31.2 Å². The fraction of sp³-hybridized carbons (Fsp3) is 0.231. The van der Waals surface area contributed by atoms with E-state index in [1.807, 2.05) is 31.2 Å². The fourth-order valence-corrected chi connectivity index (χ4v) is 2.98. The standard InChI is InChI=1S/C13H11BrN4O2S/c1-2-6-20-12(19)10-15-16-13-18(10)17-11(21-13)8-4-3-5-9(14)7-8/h3-5,7H,2,6H2,1H3. The largest absolute Gasteiger partial charge is 0.460 e. The van der Waals surface area contributed by atoms with E-state index in [4.69, 9.17) is 4.74 Å². The Hall–Kier alpha value is -1.80. The lowest BCUT2D eigenvalue weighted by Gasteiger charge is -1.99. The van der Waals surface area contributed by atoms with Crippen LogP contribution in [0.3, 0.4) is 0 Å². The minimum absolute atomic E-state index is 0.107. The van der Waals surface area contributed by atoms with Crippen molar-refractivity contribution in [1.29, 1.82) is 0 Å². The van der Waals surface area contributed by atoms with Crippen LogP contribution < -0.4 is 0 Å². The molecule has 0 unspecified atom stereocenters. The molecule has 8 heteroatoms. The second-order valence-corrected chi connectivity index (χ2v) is 6.14. The number of nitrogens with zero attached hydrogens (tertiary/aromatic N) is 4. The summed E-state index contributed by atoms with van der Waals surface area (Å²) < 4.78 is 7.47. The number of aromatic nitrogens is 4. The second-order valence-electron chi connectivity index (χ2n) is 4.27. The minimum Gasteiger partial charge on any atom is -0.460 e. The van der Waals surface area contributed by atoms with Crippen LogP contribution in [0.5, 0.6) is 0 Å². The molecule has 0 radical (unpaired) electrons. The van der Waals surface area contributed by atoms with Crippen LogP contribution in [0.2, 0.25) is 0 Å². The van der Waals surface area contributed by atoms with Gasteiger partial charge in [-0.1, -0.05) is 46.3 Å². The Bertz CT molecular complexity index is 798. The maximum atomic E-state index is 11.9. The molecule has 0 aliphatic heterocycles. The topological polar surface area (TPSA) is 69.4 Å². The Balaban J connectivity index is 1.98. The third-order valence-corrected chi connectivity index (χ3v) is 4.12. The Labute approximate surface area is 132 Å². The lowest BCUT2D eigenvalue weighted by Crippen LogP contribution is -2.11. The van der Waals surface area contributed by atoms with Crippen LogP contribution in [0.1, 0.15) is 24.0 Å². The zero-order valence-electron chi connectivity index (χ0n) is 11.1. The highest BCUT2D eigenvalue weighted by atomic mass is 79.9.